The number of nitrogens with one attached hydrogen (secondary N) is 1. The van der Waals surface area contributed by atoms with Crippen molar-refractivity contribution in [3.05, 3.63) is 53.3 Å². The van der Waals surface area contributed by atoms with Crippen molar-refractivity contribution < 1.29 is 19.0 Å². The van der Waals surface area contributed by atoms with Crippen molar-refractivity contribution in [1.29, 1.82) is 0 Å². The molecule has 0 spiro atoms. The molecule has 0 radical (unpaired) electrons. The highest BCUT2D eigenvalue weighted by Gasteiger charge is 2.16. The summed E-state index contributed by atoms with van der Waals surface area (Å²) in [5.74, 6) is 2.52. The summed E-state index contributed by atoms with van der Waals surface area (Å²) in [5.41, 5.74) is 0.832. The Morgan fingerprint density at radius 3 is 2.47 bits per heavy atom. The van der Waals surface area contributed by atoms with Crippen LogP contribution in [0.3, 0.4) is 0 Å². The molecule has 30 heavy (non-hydrogen) atoms. The van der Waals surface area contributed by atoms with Gasteiger partial charge in [0.25, 0.3) is 0 Å². The first kappa shape index (κ1) is 21.4. The number of ether oxygens (including phenoxy) is 3. The molecule has 0 atom stereocenters. The fourth-order valence-corrected chi connectivity index (χ4v) is 3.03. The molecule has 1 amide bonds. The van der Waals surface area contributed by atoms with Gasteiger partial charge in [0, 0.05) is 12.6 Å². The zero-order valence-electron chi connectivity index (χ0n) is 17.1. The number of likely N-dealkylation sites (N-methyl/N-ethyl adjacent to an activating group) is 1. The Kier molecular flexibility index (Phi) is 7.08. The van der Waals surface area contributed by atoms with Crippen LogP contribution in [-0.4, -0.2) is 60.0 Å². The van der Waals surface area contributed by atoms with E-state index in [2.05, 4.69) is 10.2 Å². The molecule has 3 aromatic rings. The maximum absolute atomic E-state index is 12.7. The van der Waals surface area contributed by atoms with Crippen molar-refractivity contribution in [1.82, 2.24) is 19.7 Å². The lowest BCUT2D eigenvalue weighted by atomic mass is 10.2. The second kappa shape index (κ2) is 9.93. The Balaban J connectivity index is 1.62. The van der Waals surface area contributed by atoms with Gasteiger partial charge in [-0.1, -0.05) is 12.1 Å². The van der Waals surface area contributed by atoms with Crippen molar-refractivity contribution in [3.63, 3.8) is 0 Å². The fourth-order valence-electron chi connectivity index (χ4n) is 2.84. The van der Waals surface area contributed by atoms with E-state index in [0.29, 0.717) is 35.2 Å². The molecule has 0 aliphatic rings. The third-order valence-electron chi connectivity index (χ3n) is 4.58. The van der Waals surface area contributed by atoms with E-state index in [1.807, 2.05) is 48.5 Å². The molecule has 158 valence electrons. The highest BCUT2D eigenvalue weighted by molar-refractivity contribution is 7.71. The van der Waals surface area contributed by atoms with E-state index in [4.69, 9.17) is 26.4 Å². The number of aromatic nitrogens is 3. The van der Waals surface area contributed by atoms with Crippen LogP contribution in [0.2, 0.25) is 0 Å². The van der Waals surface area contributed by atoms with E-state index >= 15 is 0 Å². The zero-order valence-corrected chi connectivity index (χ0v) is 17.9. The van der Waals surface area contributed by atoms with E-state index < -0.39 is 0 Å². The molecular weight excluding hydrogens is 404 g/mol. The number of aromatic amines is 1. The number of rotatable bonds is 9. The van der Waals surface area contributed by atoms with Crippen LogP contribution < -0.4 is 14.2 Å². The van der Waals surface area contributed by atoms with Gasteiger partial charge >= 0.3 is 0 Å². The largest absolute Gasteiger partial charge is 0.497 e. The van der Waals surface area contributed by atoms with Crippen LogP contribution in [0.5, 0.6) is 17.2 Å². The number of para-hydroxylation sites is 2. The van der Waals surface area contributed by atoms with Crippen LogP contribution in [-0.2, 0) is 11.3 Å². The molecule has 0 bridgehead atoms. The third-order valence-corrected chi connectivity index (χ3v) is 4.89. The van der Waals surface area contributed by atoms with Gasteiger partial charge in [0.2, 0.25) is 5.91 Å². The number of H-pyrrole nitrogens is 1. The summed E-state index contributed by atoms with van der Waals surface area (Å²) in [6.07, 6.45) is 0. The number of carbonyl (C=O) groups is 1. The second-order valence-corrected chi connectivity index (χ2v) is 6.87. The zero-order chi connectivity index (χ0) is 21.5. The average molecular weight is 429 g/mol. The minimum Gasteiger partial charge on any atom is -0.497 e. The molecule has 0 saturated heterocycles. The van der Waals surface area contributed by atoms with Gasteiger partial charge in [-0.15, -0.1) is 0 Å². The monoisotopic (exact) mass is 428 g/mol. The highest BCUT2D eigenvalue weighted by Crippen LogP contribution is 2.25. The van der Waals surface area contributed by atoms with Crippen LogP contribution in [0.4, 0.5) is 0 Å². The van der Waals surface area contributed by atoms with E-state index in [1.54, 1.807) is 30.7 Å². The molecule has 0 unspecified atom stereocenters. The average Bonchev–Trinajstić information content (AvgIpc) is 3.14. The molecule has 0 fully saturated rings. The van der Waals surface area contributed by atoms with Crippen LogP contribution >= 0.6 is 12.2 Å². The Morgan fingerprint density at radius 1 is 1.10 bits per heavy atom. The summed E-state index contributed by atoms with van der Waals surface area (Å²) in [7, 11) is 4.93. The number of amides is 1. The number of benzene rings is 2. The van der Waals surface area contributed by atoms with Gasteiger partial charge in [-0.25, -0.2) is 0 Å². The van der Waals surface area contributed by atoms with Gasteiger partial charge in [-0.2, -0.15) is 5.10 Å². The summed E-state index contributed by atoms with van der Waals surface area (Å²) in [6, 6.07) is 14.8. The van der Waals surface area contributed by atoms with Crippen LogP contribution in [0.25, 0.3) is 11.4 Å². The van der Waals surface area contributed by atoms with E-state index in [9.17, 15) is 4.79 Å². The summed E-state index contributed by atoms with van der Waals surface area (Å²) in [6.45, 7) is 0.826. The van der Waals surface area contributed by atoms with Crippen molar-refractivity contribution in [2.24, 2.45) is 0 Å². The van der Waals surface area contributed by atoms with Gasteiger partial charge in [0.1, 0.15) is 18.9 Å². The van der Waals surface area contributed by atoms with Gasteiger partial charge in [-0.3, -0.25) is 14.5 Å². The Labute approximate surface area is 180 Å². The summed E-state index contributed by atoms with van der Waals surface area (Å²) in [5, 5.41) is 7.03. The lowest BCUT2D eigenvalue weighted by molar-refractivity contribution is -0.130. The Bertz CT molecular complexity index is 1050. The van der Waals surface area contributed by atoms with Gasteiger partial charge in [0.15, 0.2) is 22.1 Å². The van der Waals surface area contributed by atoms with Crippen molar-refractivity contribution in [2.75, 3.05) is 34.4 Å². The minimum atomic E-state index is -0.106. The Morgan fingerprint density at radius 2 is 1.80 bits per heavy atom. The Hall–Kier alpha value is -3.33. The number of hydrogen-bond acceptors (Lipinski definition) is 6. The molecule has 9 heteroatoms. The predicted molar refractivity (Wildman–Crippen MR) is 116 cm³/mol. The van der Waals surface area contributed by atoms with E-state index in [0.717, 1.165) is 11.3 Å². The molecule has 1 aromatic heterocycles. The summed E-state index contributed by atoms with van der Waals surface area (Å²) < 4.78 is 18.3. The number of hydrogen-bond donors (Lipinski definition) is 1. The lowest BCUT2D eigenvalue weighted by Crippen LogP contribution is -2.33. The summed E-state index contributed by atoms with van der Waals surface area (Å²) in [4.78, 5) is 14.3. The van der Waals surface area contributed by atoms with Crippen LogP contribution in [0.15, 0.2) is 48.5 Å². The van der Waals surface area contributed by atoms with E-state index in [1.165, 1.54) is 0 Å². The minimum absolute atomic E-state index is 0.0713. The quantitative estimate of drug-likeness (QED) is 0.527. The molecule has 0 saturated carbocycles. The maximum atomic E-state index is 12.7. The second-order valence-electron chi connectivity index (χ2n) is 6.48. The van der Waals surface area contributed by atoms with Crippen LogP contribution in [0, 0.1) is 4.77 Å². The number of methoxy groups -OCH3 is 2. The maximum Gasteiger partial charge on any atom is 0.242 e. The van der Waals surface area contributed by atoms with E-state index in [-0.39, 0.29) is 12.5 Å². The smallest absolute Gasteiger partial charge is 0.242 e. The molecule has 1 heterocycles. The molecule has 0 aliphatic carbocycles. The molecule has 0 aliphatic heterocycles. The van der Waals surface area contributed by atoms with Crippen molar-refractivity contribution >= 4 is 18.1 Å². The molecule has 2 aromatic carbocycles. The van der Waals surface area contributed by atoms with Gasteiger partial charge in [-0.05, 0) is 48.6 Å². The van der Waals surface area contributed by atoms with Gasteiger partial charge < -0.3 is 19.1 Å². The number of nitrogens with zero attached hydrogens (tertiary/aromatic N) is 3. The summed E-state index contributed by atoms with van der Waals surface area (Å²) >= 11 is 5.32. The normalized spacial score (nSPS) is 10.5. The van der Waals surface area contributed by atoms with Crippen molar-refractivity contribution in [3.8, 4) is 28.6 Å². The van der Waals surface area contributed by atoms with Crippen molar-refractivity contribution in [2.45, 2.75) is 6.54 Å². The molecular formula is C21H24N4O4S. The highest BCUT2D eigenvalue weighted by atomic mass is 32.1. The third kappa shape index (κ3) is 4.98. The first-order chi connectivity index (χ1) is 14.5. The molecule has 8 nitrogen and oxygen atoms in total. The first-order valence-corrected chi connectivity index (χ1v) is 9.73. The fraction of sp³-hybridized carbons (Fsp3) is 0.286. The molecule has 3 rings (SSSR count). The topological polar surface area (TPSA) is 81.6 Å². The lowest BCUT2D eigenvalue weighted by Gasteiger charge is -2.19. The number of carbonyl (C=O) groups excluding carboxylic acids is 1. The SMILES string of the molecule is COc1ccc(-c2n[nH]c(=S)n2CC(=O)N(C)CCOc2ccccc2OC)cc1. The van der Waals surface area contributed by atoms with Crippen LogP contribution in [0.1, 0.15) is 0 Å². The molecule has 1 N–H and O–H groups in total. The first-order valence-electron chi connectivity index (χ1n) is 9.33. The standard InChI is InChI=1S/C21H24N4O4S/c1-24(12-13-29-18-7-5-4-6-17(18)28-3)19(26)14-25-20(22-23-21(25)30)15-8-10-16(27-2)11-9-15/h4-11H,12-14H2,1-3H3,(H,23,30). The van der Waals surface area contributed by atoms with Gasteiger partial charge in [0.05, 0.1) is 20.8 Å². The predicted octanol–water partition coefficient (Wildman–Crippen LogP) is 3.16.